The first-order chi connectivity index (χ1) is 17.3. The minimum atomic E-state index is -3.96. The Labute approximate surface area is 213 Å². The molecule has 3 atom stereocenters. The number of hydrogen-bond donors (Lipinski definition) is 0. The molecular weight excluding hydrogens is 506 g/mol. The van der Waals surface area contributed by atoms with Crippen LogP contribution in [0.15, 0.2) is 35.2 Å². The lowest BCUT2D eigenvalue weighted by Crippen LogP contribution is -2.70. The molecule has 13 nitrogen and oxygen atoms in total. The topological polar surface area (TPSA) is 160 Å². The van der Waals surface area contributed by atoms with E-state index in [1.54, 1.807) is 45.0 Å². The Balaban J connectivity index is 1.74. The molecule has 1 amide bonds. The summed E-state index contributed by atoms with van der Waals surface area (Å²) in [6.07, 6.45) is -1.18. The fraction of sp³-hybridized carbons (Fsp3) is 0.478. The van der Waals surface area contributed by atoms with Gasteiger partial charge in [0.2, 0.25) is 0 Å². The van der Waals surface area contributed by atoms with Gasteiger partial charge in [0.05, 0.1) is 12.1 Å². The molecule has 0 N–H and O–H groups in total. The minimum absolute atomic E-state index is 0.0161. The molecule has 2 aromatic rings. The molecule has 1 aromatic carbocycles. The summed E-state index contributed by atoms with van der Waals surface area (Å²) >= 11 is 0. The number of β-lactam (4-membered cyclic amide) rings is 1. The van der Waals surface area contributed by atoms with Crippen molar-refractivity contribution in [2.45, 2.75) is 57.4 Å². The van der Waals surface area contributed by atoms with E-state index in [0.717, 1.165) is 10.3 Å². The summed E-state index contributed by atoms with van der Waals surface area (Å²) in [5.74, 6) is -1.61. The molecule has 0 bridgehead atoms. The van der Waals surface area contributed by atoms with Crippen molar-refractivity contribution in [3.05, 3.63) is 52.2 Å². The Morgan fingerprint density at radius 1 is 1.16 bits per heavy atom. The van der Waals surface area contributed by atoms with Crippen molar-refractivity contribution in [3.8, 4) is 0 Å². The molecule has 0 spiro atoms. The number of esters is 2. The van der Waals surface area contributed by atoms with E-state index in [0.29, 0.717) is 11.1 Å². The molecule has 0 radical (unpaired) electrons. The van der Waals surface area contributed by atoms with Crippen LogP contribution in [0.4, 0.5) is 0 Å². The van der Waals surface area contributed by atoms with Crippen molar-refractivity contribution < 1.29 is 37.0 Å². The lowest BCUT2D eigenvalue weighted by molar-refractivity contribution is -0.167. The summed E-state index contributed by atoms with van der Waals surface area (Å²) in [6, 6.07) is 5.72. The number of carbonyl (C=O) groups is 3. The van der Waals surface area contributed by atoms with Crippen LogP contribution in [0.3, 0.4) is 0 Å². The first kappa shape index (κ1) is 26.4. The van der Waals surface area contributed by atoms with E-state index < -0.39 is 57.4 Å². The maximum atomic E-state index is 12.9. The fourth-order valence-corrected chi connectivity index (χ4v) is 6.14. The monoisotopic (exact) mass is 533 g/mol. The first-order valence-electron chi connectivity index (χ1n) is 11.3. The Morgan fingerprint density at radius 2 is 1.86 bits per heavy atom. The molecule has 0 aliphatic carbocycles. The smallest absolute Gasteiger partial charge is 0.338 e. The highest BCUT2D eigenvalue weighted by Crippen LogP contribution is 2.44. The number of aromatic nitrogens is 4. The molecule has 0 saturated carbocycles. The van der Waals surface area contributed by atoms with Gasteiger partial charge in [-0.25, -0.2) is 17.9 Å². The number of benzene rings is 1. The minimum Gasteiger partial charge on any atom is -0.461 e. The van der Waals surface area contributed by atoms with Crippen molar-refractivity contribution in [1.82, 2.24) is 25.1 Å². The lowest BCUT2D eigenvalue weighted by Gasteiger charge is -2.50. The number of carbonyl (C=O) groups excluding carboxylic acids is 3. The van der Waals surface area contributed by atoms with Crippen LogP contribution in [0.25, 0.3) is 0 Å². The van der Waals surface area contributed by atoms with Gasteiger partial charge < -0.3 is 19.1 Å². The third-order valence-corrected chi connectivity index (χ3v) is 7.55. The Hall–Kier alpha value is -3.65. The predicted octanol–water partition coefficient (Wildman–Crippen LogP) is 0.777. The van der Waals surface area contributed by atoms with E-state index in [1.165, 1.54) is 18.7 Å². The number of amides is 1. The molecular formula is C23H27N5O8S. The zero-order chi connectivity index (χ0) is 27.1. The van der Waals surface area contributed by atoms with Crippen LogP contribution in [-0.2, 0) is 40.2 Å². The predicted molar refractivity (Wildman–Crippen MR) is 126 cm³/mol. The maximum Gasteiger partial charge on any atom is 0.338 e. The van der Waals surface area contributed by atoms with Crippen LogP contribution in [0.2, 0.25) is 0 Å². The third-order valence-electron chi connectivity index (χ3n) is 5.77. The summed E-state index contributed by atoms with van der Waals surface area (Å²) in [7, 11) is -2.71. The van der Waals surface area contributed by atoms with Gasteiger partial charge in [0.1, 0.15) is 18.2 Å². The standard InChI is InChI=1S/C23H27N5O8S/c1-13(29)35-11-15-12-37(32,33)21-18(34-5)20(30)28(21)17(15)19-24-25-26-27(19)10-14-8-6-7-9-16(14)22(31)36-23(2,3)4/h6-9,12,17-18,21H,10-11H2,1-5H3/t17?,18-,21+/m0/s1. The third kappa shape index (κ3) is 5.11. The Kier molecular flexibility index (Phi) is 6.90. The van der Waals surface area contributed by atoms with Gasteiger partial charge in [-0.3, -0.25) is 9.59 Å². The van der Waals surface area contributed by atoms with Crippen LogP contribution in [0.5, 0.6) is 0 Å². The molecule has 1 saturated heterocycles. The van der Waals surface area contributed by atoms with Gasteiger partial charge in [-0.05, 0) is 42.8 Å². The Bertz CT molecular complexity index is 1380. The van der Waals surface area contributed by atoms with Crippen molar-refractivity contribution in [1.29, 1.82) is 0 Å². The quantitative estimate of drug-likeness (QED) is 0.365. The van der Waals surface area contributed by atoms with Crippen LogP contribution in [-0.4, -0.2) is 82.2 Å². The van der Waals surface area contributed by atoms with Gasteiger partial charge in [0.15, 0.2) is 27.1 Å². The average molecular weight is 534 g/mol. The zero-order valence-corrected chi connectivity index (χ0v) is 21.8. The maximum absolute atomic E-state index is 12.9. The van der Waals surface area contributed by atoms with E-state index in [-0.39, 0.29) is 17.9 Å². The largest absolute Gasteiger partial charge is 0.461 e. The summed E-state index contributed by atoms with van der Waals surface area (Å²) < 4.78 is 42.9. The van der Waals surface area contributed by atoms with Crippen LogP contribution < -0.4 is 0 Å². The van der Waals surface area contributed by atoms with Gasteiger partial charge >= 0.3 is 11.9 Å². The van der Waals surface area contributed by atoms with Crippen LogP contribution >= 0.6 is 0 Å². The molecule has 198 valence electrons. The molecule has 2 aliphatic rings. The van der Waals surface area contributed by atoms with Crippen molar-refractivity contribution in [2.24, 2.45) is 0 Å². The van der Waals surface area contributed by atoms with E-state index in [9.17, 15) is 22.8 Å². The van der Waals surface area contributed by atoms with E-state index >= 15 is 0 Å². The number of tetrazole rings is 1. The van der Waals surface area contributed by atoms with Crippen molar-refractivity contribution in [3.63, 3.8) is 0 Å². The van der Waals surface area contributed by atoms with E-state index in [2.05, 4.69) is 15.5 Å². The number of ether oxygens (including phenoxy) is 3. The van der Waals surface area contributed by atoms with Gasteiger partial charge in [-0.1, -0.05) is 18.2 Å². The summed E-state index contributed by atoms with van der Waals surface area (Å²) in [4.78, 5) is 38.3. The zero-order valence-electron chi connectivity index (χ0n) is 20.9. The molecule has 1 aromatic heterocycles. The summed E-state index contributed by atoms with van der Waals surface area (Å²) in [6.45, 7) is 6.08. The highest BCUT2D eigenvalue weighted by atomic mass is 32.2. The second-order valence-electron chi connectivity index (χ2n) is 9.61. The SMILES string of the molecule is CO[C@H]1C(=O)N2C(c3nnnn3Cc3ccccc3C(=O)OC(C)(C)C)C(COC(C)=O)=CS(=O)(=O)[C@H]12. The molecule has 4 rings (SSSR count). The van der Waals surface area contributed by atoms with Crippen molar-refractivity contribution in [2.75, 3.05) is 13.7 Å². The fourth-order valence-electron chi connectivity index (χ4n) is 4.26. The number of fused-ring (bicyclic) bond motifs is 1. The average Bonchev–Trinajstić information content (AvgIpc) is 3.24. The van der Waals surface area contributed by atoms with Crippen molar-refractivity contribution >= 4 is 27.7 Å². The molecule has 3 heterocycles. The molecule has 37 heavy (non-hydrogen) atoms. The number of hydrogen-bond acceptors (Lipinski definition) is 11. The van der Waals surface area contributed by atoms with Gasteiger partial charge in [-0.15, -0.1) is 5.10 Å². The van der Waals surface area contributed by atoms with Crippen LogP contribution in [0, 0.1) is 0 Å². The van der Waals surface area contributed by atoms with E-state index in [1.807, 2.05) is 0 Å². The van der Waals surface area contributed by atoms with Gasteiger partial charge in [-0.2, -0.15) is 0 Å². The molecule has 2 aliphatic heterocycles. The summed E-state index contributed by atoms with van der Waals surface area (Å²) in [5.41, 5.74) is 0.239. The second-order valence-corrected chi connectivity index (χ2v) is 11.5. The summed E-state index contributed by atoms with van der Waals surface area (Å²) in [5, 5.41) is 11.5. The highest BCUT2D eigenvalue weighted by Gasteiger charge is 2.61. The number of sulfone groups is 1. The van der Waals surface area contributed by atoms with Gasteiger partial charge in [0, 0.05) is 25.0 Å². The number of nitrogens with zero attached hydrogens (tertiary/aromatic N) is 5. The number of rotatable bonds is 7. The molecule has 1 unspecified atom stereocenters. The van der Waals surface area contributed by atoms with Gasteiger partial charge in [0.25, 0.3) is 5.91 Å². The normalized spacial score (nSPS) is 22.5. The number of methoxy groups -OCH3 is 1. The first-order valence-corrected chi connectivity index (χ1v) is 12.9. The molecule has 14 heteroatoms. The van der Waals surface area contributed by atoms with Crippen LogP contribution in [0.1, 0.15) is 55.5 Å². The highest BCUT2D eigenvalue weighted by molar-refractivity contribution is 7.95. The Morgan fingerprint density at radius 3 is 2.51 bits per heavy atom. The molecule has 1 fully saturated rings. The second kappa shape index (κ2) is 9.67. The lowest BCUT2D eigenvalue weighted by atomic mass is 9.99. The van der Waals surface area contributed by atoms with E-state index in [4.69, 9.17) is 14.2 Å².